The summed E-state index contributed by atoms with van der Waals surface area (Å²) in [5, 5.41) is 6.26. The molecule has 0 aromatic heterocycles. The Hall–Kier alpha value is -1.30. The minimum atomic E-state index is 0.106. The van der Waals surface area contributed by atoms with Gasteiger partial charge in [0.25, 0.3) is 0 Å². The lowest BCUT2D eigenvalue weighted by molar-refractivity contribution is -0.128. The van der Waals surface area contributed by atoms with Gasteiger partial charge in [0.1, 0.15) is 0 Å². The molecule has 0 fully saturated rings. The van der Waals surface area contributed by atoms with Gasteiger partial charge in [-0.1, -0.05) is 0 Å². The molecule has 0 saturated heterocycles. The molecule has 0 spiro atoms. The van der Waals surface area contributed by atoms with Crippen LogP contribution in [0.3, 0.4) is 0 Å². The Morgan fingerprint density at radius 2 is 1.94 bits per heavy atom. The molecule has 6 heteroatoms. The fourth-order valence-corrected chi connectivity index (χ4v) is 1.26. The van der Waals surface area contributed by atoms with Crippen LogP contribution in [-0.2, 0) is 9.53 Å². The minimum Gasteiger partial charge on any atom is -0.382 e. The van der Waals surface area contributed by atoms with Gasteiger partial charge < -0.3 is 20.3 Å². The first-order chi connectivity index (χ1) is 8.61. The van der Waals surface area contributed by atoms with Crippen LogP contribution in [0.2, 0.25) is 0 Å². The van der Waals surface area contributed by atoms with Gasteiger partial charge in [0, 0.05) is 53.9 Å². The summed E-state index contributed by atoms with van der Waals surface area (Å²) in [6.45, 7) is 4.87. The van der Waals surface area contributed by atoms with Crippen molar-refractivity contribution in [2.24, 2.45) is 4.99 Å². The summed E-state index contributed by atoms with van der Waals surface area (Å²) in [6.07, 6.45) is 1.40. The molecule has 6 nitrogen and oxygen atoms in total. The first kappa shape index (κ1) is 16.7. The van der Waals surface area contributed by atoms with Gasteiger partial charge in [-0.25, -0.2) is 0 Å². The lowest BCUT2D eigenvalue weighted by Gasteiger charge is -2.13. The lowest BCUT2D eigenvalue weighted by Crippen LogP contribution is -2.39. The number of hydrogen-bond donors (Lipinski definition) is 2. The summed E-state index contributed by atoms with van der Waals surface area (Å²) < 4.78 is 5.24. The third-order valence-corrected chi connectivity index (χ3v) is 2.32. The first-order valence-corrected chi connectivity index (χ1v) is 6.34. The number of guanidine groups is 1. The van der Waals surface area contributed by atoms with Crippen LogP contribution in [0.4, 0.5) is 0 Å². The van der Waals surface area contributed by atoms with E-state index in [4.69, 9.17) is 4.74 Å². The van der Waals surface area contributed by atoms with Gasteiger partial charge in [-0.3, -0.25) is 9.79 Å². The first-order valence-electron chi connectivity index (χ1n) is 6.34. The summed E-state index contributed by atoms with van der Waals surface area (Å²) >= 11 is 0. The highest BCUT2D eigenvalue weighted by Gasteiger charge is 2.03. The van der Waals surface area contributed by atoms with Crippen molar-refractivity contribution in [2.75, 3.05) is 47.4 Å². The molecule has 0 rings (SSSR count). The summed E-state index contributed by atoms with van der Waals surface area (Å²) in [5.74, 6) is 0.826. The normalized spacial score (nSPS) is 11.2. The second-order valence-corrected chi connectivity index (χ2v) is 4.01. The highest BCUT2D eigenvalue weighted by molar-refractivity contribution is 5.81. The number of nitrogens with zero attached hydrogens (tertiary/aromatic N) is 2. The fraction of sp³-hybridized carbons (Fsp3) is 0.833. The van der Waals surface area contributed by atoms with Gasteiger partial charge in [-0.05, 0) is 13.3 Å². The van der Waals surface area contributed by atoms with Crippen molar-refractivity contribution >= 4 is 11.9 Å². The molecule has 0 aliphatic carbocycles. The molecule has 2 N–H and O–H groups in total. The minimum absolute atomic E-state index is 0.106. The van der Waals surface area contributed by atoms with Crippen LogP contribution >= 0.6 is 0 Å². The highest BCUT2D eigenvalue weighted by Crippen LogP contribution is 1.85. The lowest BCUT2D eigenvalue weighted by atomic mass is 10.4. The predicted octanol–water partition coefficient (Wildman–Crippen LogP) is 0.0563. The molecule has 0 saturated carbocycles. The molecule has 0 aliphatic heterocycles. The van der Waals surface area contributed by atoms with Crippen molar-refractivity contribution in [3.05, 3.63) is 0 Å². The van der Waals surface area contributed by atoms with Crippen LogP contribution in [0.25, 0.3) is 0 Å². The van der Waals surface area contributed by atoms with Gasteiger partial charge >= 0.3 is 0 Å². The molecule has 0 heterocycles. The molecule has 0 aliphatic rings. The van der Waals surface area contributed by atoms with Crippen molar-refractivity contribution in [3.63, 3.8) is 0 Å². The highest BCUT2D eigenvalue weighted by atomic mass is 16.5. The summed E-state index contributed by atoms with van der Waals surface area (Å²) in [4.78, 5) is 17.0. The second kappa shape index (κ2) is 10.8. The number of ether oxygens (including phenoxy) is 1. The molecule has 0 radical (unpaired) electrons. The molecular formula is C12H26N4O2. The van der Waals surface area contributed by atoms with E-state index in [0.29, 0.717) is 13.0 Å². The van der Waals surface area contributed by atoms with E-state index in [2.05, 4.69) is 15.6 Å². The Bertz CT molecular complexity index is 254. The van der Waals surface area contributed by atoms with E-state index in [0.717, 1.165) is 32.1 Å². The number of carbonyl (C=O) groups excluding carboxylic acids is 1. The van der Waals surface area contributed by atoms with Crippen LogP contribution in [0.5, 0.6) is 0 Å². The van der Waals surface area contributed by atoms with E-state index in [1.165, 1.54) is 0 Å². The van der Waals surface area contributed by atoms with Crippen molar-refractivity contribution in [1.29, 1.82) is 0 Å². The average molecular weight is 258 g/mol. The Balaban J connectivity index is 3.62. The van der Waals surface area contributed by atoms with Crippen LogP contribution in [0.15, 0.2) is 4.99 Å². The van der Waals surface area contributed by atoms with Crippen LogP contribution in [-0.4, -0.2) is 64.2 Å². The maximum absolute atomic E-state index is 11.4. The summed E-state index contributed by atoms with van der Waals surface area (Å²) in [5.41, 5.74) is 0. The predicted molar refractivity (Wildman–Crippen MR) is 73.8 cm³/mol. The molecule has 0 aromatic rings. The molecule has 1 amide bonds. The number of rotatable bonds is 8. The zero-order valence-corrected chi connectivity index (χ0v) is 12.0. The number of carbonyl (C=O) groups is 1. The van der Waals surface area contributed by atoms with Crippen LogP contribution in [0, 0.1) is 0 Å². The molecule has 0 atom stereocenters. The van der Waals surface area contributed by atoms with Gasteiger partial charge in [-0.2, -0.15) is 0 Å². The van der Waals surface area contributed by atoms with Crippen molar-refractivity contribution in [1.82, 2.24) is 15.5 Å². The molecular weight excluding hydrogens is 232 g/mol. The van der Waals surface area contributed by atoms with Gasteiger partial charge in [0.2, 0.25) is 5.91 Å². The average Bonchev–Trinajstić information content (AvgIpc) is 2.36. The summed E-state index contributed by atoms with van der Waals surface area (Å²) in [7, 11) is 5.22. The molecule has 0 aromatic carbocycles. The van der Waals surface area contributed by atoms with Crippen molar-refractivity contribution < 1.29 is 9.53 Å². The standard InChI is InChI=1S/C12H26N4O2/c1-5-18-10-6-8-14-12(13-2)15-9-7-11(17)16(3)4/h5-10H2,1-4H3,(H2,13,14,15). The Morgan fingerprint density at radius 3 is 2.50 bits per heavy atom. The van der Waals surface area contributed by atoms with Gasteiger partial charge in [0.15, 0.2) is 5.96 Å². The Kier molecular flexibility index (Phi) is 10.0. The zero-order valence-electron chi connectivity index (χ0n) is 12.0. The molecule has 106 valence electrons. The molecule has 18 heavy (non-hydrogen) atoms. The largest absolute Gasteiger partial charge is 0.382 e. The van der Waals surface area contributed by atoms with Gasteiger partial charge in [0.05, 0.1) is 0 Å². The van der Waals surface area contributed by atoms with Crippen LogP contribution in [0.1, 0.15) is 19.8 Å². The fourth-order valence-electron chi connectivity index (χ4n) is 1.26. The van der Waals surface area contributed by atoms with Crippen LogP contribution < -0.4 is 10.6 Å². The van der Waals surface area contributed by atoms with E-state index in [9.17, 15) is 4.79 Å². The SMILES string of the molecule is CCOCCCNC(=NC)NCCC(=O)N(C)C. The number of nitrogens with one attached hydrogen (secondary N) is 2. The van der Waals surface area contributed by atoms with E-state index >= 15 is 0 Å². The smallest absolute Gasteiger partial charge is 0.223 e. The zero-order chi connectivity index (χ0) is 13.8. The van der Waals surface area contributed by atoms with Gasteiger partial charge in [-0.15, -0.1) is 0 Å². The maximum Gasteiger partial charge on any atom is 0.223 e. The maximum atomic E-state index is 11.4. The molecule has 0 bridgehead atoms. The number of hydrogen-bond acceptors (Lipinski definition) is 3. The third kappa shape index (κ3) is 8.81. The van der Waals surface area contributed by atoms with Crippen molar-refractivity contribution in [2.45, 2.75) is 19.8 Å². The number of aliphatic imine (C=N–C) groups is 1. The quantitative estimate of drug-likeness (QED) is 0.367. The Morgan fingerprint density at radius 1 is 1.28 bits per heavy atom. The molecule has 0 unspecified atom stereocenters. The Labute approximate surface area is 110 Å². The second-order valence-electron chi connectivity index (χ2n) is 4.01. The van der Waals surface area contributed by atoms with E-state index in [1.807, 2.05) is 6.92 Å². The number of amides is 1. The van der Waals surface area contributed by atoms with E-state index in [1.54, 1.807) is 26.0 Å². The summed E-state index contributed by atoms with van der Waals surface area (Å²) in [6, 6.07) is 0. The third-order valence-electron chi connectivity index (χ3n) is 2.32. The van der Waals surface area contributed by atoms with E-state index in [-0.39, 0.29) is 5.91 Å². The monoisotopic (exact) mass is 258 g/mol. The van der Waals surface area contributed by atoms with E-state index < -0.39 is 0 Å². The van der Waals surface area contributed by atoms with Crippen molar-refractivity contribution in [3.8, 4) is 0 Å². The topological polar surface area (TPSA) is 66.0 Å².